The van der Waals surface area contributed by atoms with Gasteiger partial charge in [-0.3, -0.25) is 0 Å². The van der Waals surface area contributed by atoms with Gasteiger partial charge in [0.1, 0.15) is 11.5 Å². The standard InChI is InChI=1S/C12H8Cl2N4OS/c1-5-8(11-16-17-12(15)20-11)10(18-19-5)9-6(13)3-2-4-7(9)14/h2-4H,1H3,(H2,15,17). The van der Waals surface area contributed by atoms with Gasteiger partial charge in [-0.2, -0.15) is 0 Å². The van der Waals surface area contributed by atoms with E-state index in [-0.39, 0.29) is 0 Å². The molecule has 102 valence electrons. The molecule has 20 heavy (non-hydrogen) atoms. The molecule has 0 fully saturated rings. The van der Waals surface area contributed by atoms with E-state index in [1.807, 2.05) is 0 Å². The quantitative estimate of drug-likeness (QED) is 0.768. The van der Waals surface area contributed by atoms with E-state index in [4.69, 9.17) is 33.5 Å². The number of anilines is 1. The largest absolute Gasteiger partial charge is 0.374 e. The molecular weight excluding hydrogens is 319 g/mol. The van der Waals surface area contributed by atoms with Crippen molar-refractivity contribution in [3.05, 3.63) is 34.0 Å². The molecular formula is C12H8Cl2N4OS. The van der Waals surface area contributed by atoms with E-state index in [1.54, 1.807) is 25.1 Å². The lowest BCUT2D eigenvalue weighted by atomic mass is 10.1. The maximum absolute atomic E-state index is 6.21. The van der Waals surface area contributed by atoms with Gasteiger partial charge in [-0.05, 0) is 19.1 Å². The Labute approximate surface area is 128 Å². The summed E-state index contributed by atoms with van der Waals surface area (Å²) in [5.41, 5.74) is 7.47. The van der Waals surface area contributed by atoms with E-state index >= 15 is 0 Å². The van der Waals surface area contributed by atoms with Crippen LogP contribution in [0.5, 0.6) is 0 Å². The number of aryl methyl sites for hydroxylation is 1. The highest BCUT2D eigenvalue weighted by atomic mass is 35.5. The van der Waals surface area contributed by atoms with Crippen LogP contribution in [0.3, 0.4) is 0 Å². The lowest BCUT2D eigenvalue weighted by Crippen LogP contribution is -1.86. The second-order valence-electron chi connectivity index (χ2n) is 4.00. The molecule has 0 unspecified atom stereocenters. The van der Waals surface area contributed by atoms with Gasteiger partial charge in [0.2, 0.25) is 5.13 Å². The van der Waals surface area contributed by atoms with Crippen LogP contribution < -0.4 is 5.73 Å². The number of hydrogen-bond donors (Lipinski definition) is 1. The molecule has 0 saturated heterocycles. The molecule has 5 nitrogen and oxygen atoms in total. The minimum Gasteiger partial charge on any atom is -0.374 e. The predicted octanol–water partition coefficient (Wildman–Crippen LogP) is 4.06. The summed E-state index contributed by atoms with van der Waals surface area (Å²) in [4.78, 5) is 0. The summed E-state index contributed by atoms with van der Waals surface area (Å²) in [6.45, 7) is 1.79. The van der Waals surface area contributed by atoms with Gasteiger partial charge in [0.15, 0.2) is 5.01 Å². The van der Waals surface area contributed by atoms with Gasteiger partial charge < -0.3 is 10.3 Å². The van der Waals surface area contributed by atoms with Gasteiger partial charge >= 0.3 is 0 Å². The van der Waals surface area contributed by atoms with Crippen LogP contribution >= 0.6 is 34.5 Å². The molecule has 2 aromatic heterocycles. The van der Waals surface area contributed by atoms with Crippen LogP contribution in [0.15, 0.2) is 22.7 Å². The predicted molar refractivity (Wildman–Crippen MR) is 80.0 cm³/mol. The van der Waals surface area contributed by atoms with E-state index < -0.39 is 0 Å². The summed E-state index contributed by atoms with van der Waals surface area (Å²) in [7, 11) is 0. The van der Waals surface area contributed by atoms with E-state index in [0.717, 1.165) is 0 Å². The van der Waals surface area contributed by atoms with Crippen LogP contribution in [0.1, 0.15) is 5.76 Å². The minimum atomic E-state index is 0.372. The molecule has 2 heterocycles. The number of halogens is 2. The highest BCUT2D eigenvalue weighted by molar-refractivity contribution is 7.18. The van der Waals surface area contributed by atoms with Crippen molar-refractivity contribution in [3.8, 4) is 21.8 Å². The highest BCUT2D eigenvalue weighted by Gasteiger charge is 2.23. The number of aromatic nitrogens is 3. The van der Waals surface area contributed by atoms with Crippen molar-refractivity contribution in [1.82, 2.24) is 15.4 Å². The van der Waals surface area contributed by atoms with Gasteiger partial charge in [-0.1, -0.05) is 45.8 Å². The Kier molecular flexibility index (Phi) is 3.37. The summed E-state index contributed by atoms with van der Waals surface area (Å²) < 4.78 is 5.25. The topological polar surface area (TPSA) is 77.8 Å². The molecule has 0 amide bonds. The number of benzene rings is 1. The molecule has 3 aromatic rings. The molecule has 0 radical (unpaired) electrons. The van der Waals surface area contributed by atoms with Gasteiger partial charge in [-0.25, -0.2) is 0 Å². The average molecular weight is 327 g/mol. The first-order valence-electron chi connectivity index (χ1n) is 5.58. The van der Waals surface area contributed by atoms with Crippen molar-refractivity contribution < 1.29 is 4.52 Å². The summed E-state index contributed by atoms with van der Waals surface area (Å²) in [5.74, 6) is 0.604. The molecule has 0 aliphatic heterocycles. The van der Waals surface area contributed by atoms with Crippen LogP contribution in [-0.2, 0) is 0 Å². The fraction of sp³-hybridized carbons (Fsp3) is 0.0833. The number of rotatable bonds is 2. The van der Waals surface area contributed by atoms with E-state index in [2.05, 4.69) is 15.4 Å². The van der Waals surface area contributed by atoms with Crippen LogP contribution in [0.2, 0.25) is 10.0 Å². The molecule has 0 saturated carbocycles. The second-order valence-corrected chi connectivity index (χ2v) is 5.83. The maximum atomic E-state index is 6.21. The summed E-state index contributed by atoms with van der Waals surface area (Å²) in [6, 6.07) is 5.25. The van der Waals surface area contributed by atoms with E-state index in [1.165, 1.54) is 11.3 Å². The molecule has 0 aliphatic rings. The fourth-order valence-corrected chi connectivity index (χ4v) is 3.13. The first-order valence-corrected chi connectivity index (χ1v) is 7.15. The smallest absolute Gasteiger partial charge is 0.203 e. The van der Waals surface area contributed by atoms with Crippen molar-refractivity contribution in [1.29, 1.82) is 0 Å². The highest BCUT2D eigenvalue weighted by Crippen LogP contribution is 2.41. The first-order chi connectivity index (χ1) is 9.58. The Morgan fingerprint density at radius 2 is 1.85 bits per heavy atom. The van der Waals surface area contributed by atoms with Gasteiger partial charge in [-0.15, -0.1) is 10.2 Å². The third-order valence-corrected chi connectivity index (χ3v) is 4.12. The Morgan fingerprint density at radius 1 is 1.15 bits per heavy atom. The Morgan fingerprint density at radius 3 is 2.45 bits per heavy atom. The Bertz CT molecular complexity index is 763. The number of nitrogens with two attached hydrogens (primary N) is 1. The van der Waals surface area contributed by atoms with Gasteiger partial charge in [0.25, 0.3) is 0 Å². The average Bonchev–Trinajstić information content (AvgIpc) is 2.96. The zero-order valence-corrected chi connectivity index (χ0v) is 12.6. The first kappa shape index (κ1) is 13.4. The van der Waals surface area contributed by atoms with Crippen molar-refractivity contribution in [2.45, 2.75) is 6.92 Å². The SMILES string of the molecule is Cc1onc(-c2c(Cl)cccc2Cl)c1-c1nnc(N)s1. The van der Waals surface area contributed by atoms with Crippen molar-refractivity contribution in [2.24, 2.45) is 0 Å². The summed E-state index contributed by atoms with van der Waals surface area (Å²) >= 11 is 13.7. The van der Waals surface area contributed by atoms with Crippen molar-refractivity contribution in [3.63, 3.8) is 0 Å². The number of nitrogens with zero attached hydrogens (tertiary/aromatic N) is 3. The van der Waals surface area contributed by atoms with Crippen LogP contribution in [0.4, 0.5) is 5.13 Å². The third-order valence-electron chi connectivity index (χ3n) is 2.72. The third kappa shape index (κ3) is 2.15. The van der Waals surface area contributed by atoms with E-state index in [0.29, 0.717) is 42.8 Å². The molecule has 0 spiro atoms. The minimum absolute atomic E-state index is 0.372. The Balaban J connectivity index is 2.26. The van der Waals surface area contributed by atoms with Crippen molar-refractivity contribution >= 4 is 39.7 Å². The monoisotopic (exact) mass is 326 g/mol. The number of nitrogen functional groups attached to an aromatic ring is 1. The van der Waals surface area contributed by atoms with Gasteiger partial charge in [0.05, 0.1) is 15.6 Å². The van der Waals surface area contributed by atoms with Crippen LogP contribution in [0, 0.1) is 6.92 Å². The lowest BCUT2D eigenvalue weighted by Gasteiger charge is -2.04. The van der Waals surface area contributed by atoms with Crippen LogP contribution in [-0.4, -0.2) is 15.4 Å². The van der Waals surface area contributed by atoms with Crippen molar-refractivity contribution in [2.75, 3.05) is 5.73 Å². The normalized spacial score (nSPS) is 10.9. The van der Waals surface area contributed by atoms with E-state index in [9.17, 15) is 0 Å². The zero-order valence-electron chi connectivity index (χ0n) is 10.2. The molecule has 0 bridgehead atoms. The molecule has 8 heteroatoms. The molecule has 2 N–H and O–H groups in total. The summed E-state index contributed by atoms with van der Waals surface area (Å²) in [6.07, 6.45) is 0. The molecule has 3 rings (SSSR count). The number of hydrogen-bond acceptors (Lipinski definition) is 6. The second kappa shape index (κ2) is 5.05. The fourth-order valence-electron chi connectivity index (χ4n) is 1.85. The maximum Gasteiger partial charge on any atom is 0.203 e. The zero-order chi connectivity index (χ0) is 14.3. The van der Waals surface area contributed by atoms with Gasteiger partial charge in [0, 0.05) is 5.56 Å². The molecule has 0 aliphatic carbocycles. The lowest BCUT2D eigenvalue weighted by molar-refractivity contribution is 0.400. The van der Waals surface area contributed by atoms with Crippen LogP contribution in [0.25, 0.3) is 21.8 Å². The summed E-state index contributed by atoms with van der Waals surface area (Å²) in [5, 5.41) is 13.8. The Hall–Kier alpha value is -1.63. The molecule has 1 aromatic carbocycles. The molecule has 0 atom stereocenters.